The van der Waals surface area contributed by atoms with Gasteiger partial charge >= 0.3 is 0 Å². The highest BCUT2D eigenvalue weighted by atomic mass is 79.9. The molecule has 200 valence electrons. The molecule has 0 spiro atoms. The normalized spacial score (nSPS) is 31.0. The molecule has 0 aromatic rings. The minimum Gasteiger partial charge on any atom is -0.401 e. The summed E-state index contributed by atoms with van der Waals surface area (Å²) in [6, 6.07) is 0. The minimum atomic E-state index is -2.15. The third-order valence-corrected chi connectivity index (χ3v) is 13.3. The van der Waals surface area contributed by atoms with Crippen LogP contribution in [0.2, 0.25) is 18.1 Å². The van der Waals surface area contributed by atoms with Gasteiger partial charge in [0, 0.05) is 11.8 Å². The second kappa shape index (κ2) is 13.1. The lowest BCUT2D eigenvalue weighted by Crippen LogP contribution is -2.58. The molecule has 2 aliphatic heterocycles. The third-order valence-electron chi connectivity index (χ3n) is 8.15. The Bertz CT molecular complexity index is 797. The Hall–Kier alpha value is -0.163. The number of hydrogen-bond acceptors (Lipinski definition) is 4. The lowest BCUT2D eigenvalue weighted by Gasteiger charge is -2.50. The van der Waals surface area contributed by atoms with E-state index in [-0.39, 0.29) is 40.4 Å². The van der Waals surface area contributed by atoms with Gasteiger partial charge < -0.3 is 13.9 Å². The molecule has 0 N–H and O–H groups in total. The Morgan fingerprint density at radius 1 is 1.23 bits per heavy atom. The number of halogens is 2. The standard InChI is InChI=1S/C28H46BrClO4Si/c1-10-23-14-16-24-26(32-23)19(3)20(4)27(33-24)25(34-35(8,9)28(5,6)7)15-13-22(31)12-11-21(30)17-18(2)29/h19-21,23-27H,2,10-12,14,16-17H2,1,3-9H3/t19-,20+,21-,23+,24+,25+,26-,27-/m1/s1. The number of hydrogen-bond donors (Lipinski definition) is 0. The van der Waals surface area contributed by atoms with Crippen LogP contribution in [0.25, 0.3) is 0 Å². The predicted molar refractivity (Wildman–Crippen MR) is 152 cm³/mol. The lowest BCUT2D eigenvalue weighted by atomic mass is 9.77. The predicted octanol–water partition coefficient (Wildman–Crippen LogP) is 7.63. The Morgan fingerprint density at radius 3 is 2.46 bits per heavy atom. The SMILES string of the molecule is C=C(Br)C[C@H](Cl)CCC(=O)C#C[C@H](O[Si](C)(C)C(C)(C)C)[C@@H]1O[C@H]2CC[C@H](CC)O[C@@H]2[C@H](C)[C@@H]1C. The third kappa shape index (κ3) is 8.69. The maximum absolute atomic E-state index is 12.7. The number of allylic oxidation sites excluding steroid dienone is 1. The Labute approximate surface area is 228 Å². The van der Waals surface area contributed by atoms with Crippen LogP contribution in [0.3, 0.4) is 0 Å². The average molecular weight is 590 g/mol. The van der Waals surface area contributed by atoms with Crippen molar-refractivity contribution in [3.63, 3.8) is 0 Å². The first-order valence-electron chi connectivity index (χ1n) is 13.2. The van der Waals surface area contributed by atoms with E-state index in [1.54, 1.807) is 0 Å². The van der Waals surface area contributed by atoms with E-state index in [0.29, 0.717) is 31.3 Å². The van der Waals surface area contributed by atoms with Gasteiger partial charge in [0.05, 0.1) is 24.4 Å². The summed E-state index contributed by atoms with van der Waals surface area (Å²) < 4.78 is 20.8. The molecule has 0 amide bonds. The van der Waals surface area contributed by atoms with E-state index < -0.39 is 14.4 Å². The van der Waals surface area contributed by atoms with Crippen LogP contribution in [0.15, 0.2) is 11.1 Å². The fourth-order valence-electron chi connectivity index (χ4n) is 4.59. The summed E-state index contributed by atoms with van der Waals surface area (Å²) in [4.78, 5) is 12.7. The maximum atomic E-state index is 12.7. The highest BCUT2D eigenvalue weighted by Crippen LogP contribution is 2.43. The second-order valence-corrected chi connectivity index (χ2v) is 18.4. The molecular weight excluding hydrogens is 544 g/mol. The van der Waals surface area contributed by atoms with Crippen LogP contribution in [0.5, 0.6) is 0 Å². The molecular formula is C28H46BrClO4Si. The van der Waals surface area contributed by atoms with E-state index in [2.05, 4.69) is 89.0 Å². The molecule has 2 rings (SSSR count). The number of fused-ring (bicyclic) bond motifs is 1. The van der Waals surface area contributed by atoms with Gasteiger partial charge in [0.15, 0.2) is 8.32 Å². The Balaban J connectivity index is 2.23. The van der Waals surface area contributed by atoms with Crippen molar-refractivity contribution < 1.29 is 18.7 Å². The van der Waals surface area contributed by atoms with Gasteiger partial charge in [-0.3, -0.25) is 4.79 Å². The van der Waals surface area contributed by atoms with Crippen molar-refractivity contribution in [2.75, 3.05) is 0 Å². The molecule has 0 unspecified atom stereocenters. The molecule has 0 saturated carbocycles. The van der Waals surface area contributed by atoms with Crippen LogP contribution in [0, 0.1) is 23.7 Å². The van der Waals surface area contributed by atoms with Gasteiger partial charge in [-0.25, -0.2) is 0 Å². The van der Waals surface area contributed by atoms with E-state index in [9.17, 15) is 4.79 Å². The maximum Gasteiger partial charge on any atom is 0.205 e. The molecule has 7 heteroatoms. The van der Waals surface area contributed by atoms with Crippen molar-refractivity contribution in [3.05, 3.63) is 11.1 Å². The highest BCUT2D eigenvalue weighted by Gasteiger charge is 2.49. The van der Waals surface area contributed by atoms with Crippen LogP contribution in [0.1, 0.15) is 80.1 Å². The quantitative estimate of drug-likeness (QED) is 0.120. The van der Waals surface area contributed by atoms with Gasteiger partial charge in [-0.1, -0.05) is 70.0 Å². The number of alkyl halides is 1. The molecule has 2 aliphatic rings. The largest absolute Gasteiger partial charge is 0.401 e. The van der Waals surface area contributed by atoms with Crippen LogP contribution in [-0.2, 0) is 18.7 Å². The molecule has 35 heavy (non-hydrogen) atoms. The second-order valence-electron chi connectivity index (χ2n) is 11.9. The number of ketones is 1. The van der Waals surface area contributed by atoms with E-state index in [0.717, 1.165) is 23.7 Å². The minimum absolute atomic E-state index is 0.0230. The molecule has 2 heterocycles. The summed E-state index contributed by atoms with van der Waals surface area (Å²) in [5.74, 6) is 6.53. The average Bonchev–Trinajstić information content (AvgIpc) is 2.76. The summed E-state index contributed by atoms with van der Waals surface area (Å²) in [5, 5.41) is -0.112. The number of carbonyl (C=O) groups is 1. The topological polar surface area (TPSA) is 44.8 Å². The van der Waals surface area contributed by atoms with E-state index in [4.69, 9.17) is 25.5 Å². The summed E-state index contributed by atoms with van der Waals surface area (Å²) in [5.41, 5.74) is 0. The molecule has 0 radical (unpaired) electrons. The zero-order chi connectivity index (χ0) is 26.6. The number of ether oxygens (including phenoxy) is 2. The van der Waals surface area contributed by atoms with Gasteiger partial charge in [-0.2, -0.15) is 0 Å². The van der Waals surface area contributed by atoms with Crippen LogP contribution in [-0.4, -0.2) is 50.0 Å². The zero-order valence-corrected chi connectivity index (χ0v) is 26.3. The van der Waals surface area contributed by atoms with E-state index >= 15 is 0 Å². The van der Waals surface area contributed by atoms with Gasteiger partial charge in [0.25, 0.3) is 0 Å². The summed E-state index contributed by atoms with van der Waals surface area (Å²) in [7, 11) is -2.15. The first kappa shape index (κ1) is 31.1. The Morgan fingerprint density at radius 2 is 1.89 bits per heavy atom. The van der Waals surface area contributed by atoms with Gasteiger partial charge in [0.1, 0.15) is 6.10 Å². The van der Waals surface area contributed by atoms with Crippen molar-refractivity contribution in [1.82, 2.24) is 0 Å². The molecule has 0 bridgehead atoms. The van der Waals surface area contributed by atoms with E-state index in [1.807, 2.05) is 0 Å². The zero-order valence-electron chi connectivity index (χ0n) is 23.0. The van der Waals surface area contributed by atoms with Crippen LogP contribution >= 0.6 is 27.5 Å². The first-order valence-corrected chi connectivity index (χ1v) is 17.3. The molecule has 0 aromatic carbocycles. The van der Waals surface area contributed by atoms with Crippen molar-refractivity contribution in [2.45, 2.75) is 134 Å². The molecule has 0 aromatic heterocycles. The van der Waals surface area contributed by atoms with Gasteiger partial charge in [-0.15, -0.1) is 11.6 Å². The number of Topliss-reactive ketones (excluding diaryl/α,β-unsaturated/α-hetero) is 1. The molecule has 0 aliphatic carbocycles. The van der Waals surface area contributed by atoms with Crippen LogP contribution < -0.4 is 0 Å². The smallest absolute Gasteiger partial charge is 0.205 e. The summed E-state index contributed by atoms with van der Waals surface area (Å²) >= 11 is 9.65. The van der Waals surface area contributed by atoms with Crippen LogP contribution in [0.4, 0.5) is 0 Å². The number of rotatable bonds is 9. The Kier molecular flexibility index (Phi) is 11.6. The monoisotopic (exact) mass is 588 g/mol. The number of carbonyl (C=O) groups excluding carboxylic acids is 1. The van der Waals surface area contributed by atoms with E-state index in [1.165, 1.54) is 0 Å². The lowest BCUT2D eigenvalue weighted by molar-refractivity contribution is -0.236. The molecule has 8 atom stereocenters. The van der Waals surface area contributed by atoms with Crippen molar-refractivity contribution in [1.29, 1.82) is 0 Å². The fraction of sp³-hybridized carbons (Fsp3) is 0.821. The van der Waals surface area contributed by atoms with Crippen molar-refractivity contribution >= 4 is 41.6 Å². The molecule has 2 saturated heterocycles. The molecule has 2 fully saturated rings. The first-order chi connectivity index (χ1) is 16.2. The van der Waals surface area contributed by atoms with Crippen molar-refractivity contribution in [2.24, 2.45) is 11.8 Å². The molecule has 4 nitrogen and oxygen atoms in total. The summed E-state index contributed by atoms with van der Waals surface area (Å²) in [6.45, 7) is 21.6. The summed E-state index contributed by atoms with van der Waals surface area (Å²) in [6.07, 6.45) is 4.39. The fourth-order valence-corrected chi connectivity index (χ4v) is 6.64. The van der Waals surface area contributed by atoms with Gasteiger partial charge in [-0.05, 0) is 72.5 Å². The van der Waals surface area contributed by atoms with Gasteiger partial charge in [0.2, 0.25) is 5.78 Å². The highest BCUT2D eigenvalue weighted by molar-refractivity contribution is 9.11. The van der Waals surface area contributed by atoms with Crippen molar-refractivity contribution in [3.8, 4) is 11.8 Å².